The van der Waals surface area contributed by atoms with Crippen LogP contribution in [-0.2, 0) is 13.6 Å². The summed E-state index contributed by atoms with van der Waals surface area (Å²) in [5, 5.41) is 10.3. The molecule has 0 saturated carbocycles. The maximum absolute atomic E-state index is 12.6. The van der Waals surface area contributed by atoms with Crippen molar-refractivity contribution in [1.82, 2.24) is 0 Å². The molecular formula is C12H21O4P. The lowest BCUT2D eigenvalue weighted by Crippen LogP contribution is -2.09. The summed E-state index contributed by atoms with van der Waals surface area (Å²) in [6.07, 6.45) is 2.47. The summed E-state index contributed by atoms with van der Waals surface area (Å²) in [6.45, 7) is 7.96. The van der Waals surface area contributed by atoms with Gasteiger partial charge in [-0.25, -0.2) is 0 Å². The quantitative estimate of drug-likeness (QED) is 0.759. The molecule has 0 aliphatic heterocycles. The van der Waals surface area contributed by atoms with Crippen molar-refractivity contribution in [2.45, 2.75) is 34.1 Å². The van der Waals surface area contributed by atoms with Crippen molar-refractivity contribution in [2.24, 2.45) is 5.92 Å². The lowest BCUT2D eigenvalue weighted by molar-refractivity contribution is 0.224. The molecule has 5 heteroatoms. The summed E-state index contributed by atoms with van der Waals surface area (Å²) < 4.78 is 23.1. The van der Waals surface area contributed by atoms with Crippen LogP contribution in [-0.4, -0.2) is 18.3 Å². The van der Waals surface area contributed by atoms with Crippen LogP contribution in [0.4, 0.5) is 0 Å². The third kappa shape index (κ3) is 3.21. The molecule has 0 bridgehead atoms. The normalized spacial score (nSPS) is 21.6. The van der Waals surface area contributed by atoms with Gasteiger partial charge < -0.3 is 14.2 Å². The van der Waals surface area contributed by atoms with Crippen LogP contribution in [0.3, 0.4) is 0 Å². The molecule has 0 fully saturated rings. The summed E-state index contributed by atoms with van der Waals surface area (Å²) in [5.74, 6) is 0.280. The van der Waals surface area contributed by atoms with Gasteiger partial charge in [0.2, 0.25) is 0 Å². The molecule has 0 radical (unpaired) electrons. The molecule has 4 nitrogen and oxygen atoms in total. The van der Waals surface area contributed by atoms with Crippen LogP contribution in [0, 0.1) is 5.92 Å². The van der Waals surface area contributed by atoms with Crippen LogP contribution in [0.5, 0.6) is 0 Å². The average Bonchev–Trinajstić information content (AvgIpc) is 2.15. The van der Waals surface area contributed by atoms with Gasteiger partial charge in [-0.1, -0.05) is 12.5 Å². The van der Waals surface area contributed by atoms with E-state index in [1.54, 1.807) is 19.9 Å². The van der Waals surface area contributed by atoms with Crippen molar-refractivity contribution in [3.05, 3.63) is 22.7 Å². The molecule has 1 aliphatic carbocycles. The predicted octanol–water partition coefficient (Wildman–Crippen LogP) is 4.01. The first-order chi connectivity index (χ1) is 7.94. The van der Waals surface area contributed by atoms with Crippen molar-refractivity contribution < 1.29 is 18.7 Å². The highest BCUT2D eigenvalue weighted by atomic mass is 31.2. The SMILES string of the molecule is CCOP(=O)(OCC)C1=C(C)CC(C)C=C1O. The van der Waals surface area contributed by atoms with E-state index >= 15 is 0 Å². The Morgan fingerprint density at radius 3 is 2.35 bits per heavy atom. The molecule has 0 aromatic heterocycles. The molecular weight excluding hydrogens is 239 g/mol. The van der Waals surface area contributed by atoms with Gasteiger partial charge in [0.05, 0.1) is 13.2 Å². The molecule has 0 amide bonds. The minimum Gasteiger partial charge on any atom is -0.507 e. The van der Waals surface area contributed by atoms with Crippen molar-refractivity contribution in [3.8, 4) is 0 Å². The Hall–Kier alpha value is -0.570. The van der Waals surface area contributed by atoms with Crippen molar-refractivity contribution in [2.75, 3.05) is 13.2 Å². The molecule has 0 heterocycles. The Bertz CT molecular complexity index is 374. The minimum atomic E-state index is -3.37. The number of hydrogen-bond acceptors (Lipinski definition) is 4. The van der Waals surface area contributed by atoms with Crippen LogP contribution in [0.25, 0.3) is 0 Å². The second-order valence-corrected chi connectivity index (χ2v) is 6.15. The van der Waals surface area contributed by atoms with E-state index in [0.29, 0.717) is 5.31 Å². The molecule has 1 N–H and O–H groups in total. The van der Waals surface area contributed by atoms with E-state index in [4.69, 9.17) is 9.05 Å². The fourth-order valence-corrected chi connectivity index (χ4v) is 4.01. The van der Waals surface area contributed by atoms with Crippen molar-refractivity contribution >= 4 is 7.60 Å². The van der Waals surface area contributed by atoms with Crippen molar-refractivity contribution in [3.63, 3.8) is 0 Å². The highest BCUT2D eigenvalue weighted by Gasteiger charge is 2.36. The van der Waals surface area contributed by atoms with Crippen LogP contribution in [0.2, 0.25) is 0 Å². The third-order valence-electron chi connectivity index (χ3n) is 2.59. The van der Waals surface area contributed by atoms with E-state index in [1.165, 1.54) is 0 Å². The maximum Gasteiger partial charge on any atom is 0.364 e. The summed E-state index contributed by atoms with van der Waals surface area (Å²) in [7, 11) is -3.37. The van der Waals surface area contributed by atoms with E-state index in [0.717, 1.165) is 12.0 Å². The standard InChI is InChI=1S/C12H21O4P/c1-5-15-17(14,16-6-2)12-10(4)7-9(3)8-11(12)13/h8-9,13H,5-7H2,1-4H3. The number of hydrogen-bond donors (Lipinski definition) is 1. The van der Waals surface area contributed by atoms with Crippen LogP contribution in [0.15, 0.2) is 22.7 Å². The van der Waals surface area contributed by atoms with Gasteiger partial charge in [0.15, 0.2) is 0 Å². The Morgan fingerprint density at radius 2 is 1.94 bits per heavy atom. The predicted molar refractivity (Wildman–Crippen MR) is 68.1 cm³/mol. The topological polar surface area (TPSA) is 55.8 Å². The van der Waals surface area contributed by atoms with Gasteiger partial charge in [0, 0.05) is 0 Å². The number of aliphatic hydroxyl groups is 1. The highest BCUT2D eigenvalue weighted by molar-refractivity contribution is 7.58. The molecule has 17 heavy (non-hydrogen) atoms. The monoisotopic (exact) mass is 260 g/mol. The zero-order valence-corrected chi connectivity index (χ0v) is 11.8. The largest absolute Gasteiger partial charge is 0.507 e. The first-order valence-corrected chi connectivity index (χ1v) is 7.49. The fraction of sp³-hybridized carbons (Fsp3) is 0.667. The lowest BCUT2D eigenvalue weighted by Gasteiger charge is -2.25. The van der Waals surface area contributed by atoms with Crippen LogP contribution < -0.4 is 0 Å². The molecule has 0 saturated heterocycles. The number of aliphatic hydroxyl groups excluding tert-OH is 1. The summed E-state index contributed by atoms with van der Waals surface area (Å²) in [4.78, 5) is 0. The van der Waals surface area contributed by atoms with Gasteiger partial charge in [-0.3, -0.25) is 4.57 Å². The summed E-state index contributed by atoms with van der Waals surface area (Å²) >= 11 is 0. The Morgan fingerprint density at radius 1 is 1.41 bits per heavy atom. The summed E-state index contributed by atoms with van der Waals surface area (Å²) in [6, 6.07) is 0. The van der Waals surface area contributed by atoms with Crippen LogP contribution in [0.1, 0.15) is 34.1 Å². The molecule has 0 aromatic rings. The van der Waals surface area contributed by atoms with E-state index in [-0.39, 0.29) is 24.9 Å². The van der Waals surface area contributed by atoms with Gasteiger partial charge in [-0.2, -0.15) is 0 Å². The summed E-state index contributed by atoms with van der Waals surface area (Å²) in [5.41, 5.74) is 0.878. The van der Waals surface area contributed by atoms with Gasteiger partial charge in [-0.15, -0.1) is 0 Å². The molecule has 0 spiro atoms. The number of rotatable bonds is 5. The smallest absolute Gasteiger partial charge is 0.364 e. The molecule has 98 valence electrons. The van der Waals surface area contributed by atoms with Gasteiger partial charge >= 0.3 is 7.60 Å². The molecule has 0 aromatic carbocycles. The third-order valence-corrected chi connectivity index (χ3v) is 4.94. The first kappa shape index (κ1) is 14.5. The van der Waals surface area contributed by atoms with E-state index in [1.807, 2.05) is 13.8 Å². The molecule has 1 rings (SSSR count). The lowest BCUT2D eigenvalue weighted by atomic mass is 9.96. The highest BCUT2D eigenvalue weighted by Crippen LogP contribution is 2.60. The fourth-order valence-electron chi connectivity index (χ4n) is 2.09. The van der Waals surface area contributed by atoms with Gasteiger partial charge in [-0.05, 0) is 39.2 Å². The van der Waals surface area contributed by atoms with Crippen LogP contribution >= 0.6 is 7.60 Å². The van der Waals surface area contributed by atoms with Gasteiger partial charge in [0.1, 0.15) is 11.1 Å². The Labute approximate surface area is 103 Å². The molecule has 1 atom stereocenters. The second-order valence-electron chi connectivity index (χ2n) is 4.20. The van der Waals surface area contributed by atoms with Gasteiger partial charge in [0.25, 0.3) is 0 Å². The van der Waals surface area contributed by atoms with E-state index in [9.17, 15) is 9.67 Å². The average molecular weight is 260 g/mol. The zero-order chi connectivity index (χ0) is 13.1. The molecule has 1 unspecified atom stereocenters. The zero-order valence-electron chi connectivity index (χ0n) is 10.9. The molecule has 1 aliphatic rings. The minimum absolute atomic E-state index is 0.0338. The Kier molecular flexibility index (Phi) is 4.99. The number of allylic oxidation sites excluding steroid dienone is 3. The Balaban J connectivity index is 3.15. The first-order valence-electron chi connectivity index (χ1n) is 5.95. The van der Waals surface area contributed by atoms with E-state index < -0.39 is 7.60 Å². The second kappa shape index (κ2) is 5.85. The maximum atomic E-state index is 12.6. The van der Waals surface area contributed by atoms with E-state index in [2.05, 4.69) is 0 Å². The van der Waals surface area contributed by atoms with Crippen molar-refractivity contribution in [1.29, 1.82) is 0 Å².